The van der Waals surface area contributed by atoms with Gasteiger partial charge in [-0.05, 0) is 29.8 Å². The molecule has 2 aromatic carbocycles. The molecule has 2 heterocycles. The number of carbonyl (C=O) groups excluding carboxylic acids is 2. The minimum absolute atomic E-state index is 0.0171. The first-order chi connectivity index (χ1) is 12.7. The number of carbonyl (C=O) groups is 2. The van der Waals surface area contributed by atoms with Crippen molar-refractivity contribution in [1.82, 2.24) is 10.2 Å². The lowest BCUT2D eigenvalue weighted by Crippen LogP contribution is -2.40. The fourth-order valence-corrected chi connectivity index (χ4v) is 2.92. The zero-order valence-electron chi connectivity index (χ0n) is 14.0. The van der Waals surface area contributed by atoms with Crippen LogP contribution in [0.5, 0.6) is 5.75 Å². The third kappa shape index (κ3) is 3.23. The minimum Gasteiger partial charge on any atom is -0.482 e. The van der Waals surface area contributed by atoms with Crippen molar-refractivity contribution in [1.29, 1.82) is 0 Å². The van der Waals surface area contributed by atoms with Gasteiger partial charge in [0, 0.05) is 11.9 Å². The van der Waals surface area contributed by atoms with Crippen LogP contribution >= 0.6 is 0 Å². The number of aromatic amines is 1. The summed E-state index contributed by atoms with van der Waals surface area (Å²) >= 11 is 0. The van der Waals surface area contributed by atoms with Crippen LogP contribution in [0.2, 0.25) is 0 Å². The summed E-state index contributed by atoms with van der Waals surface area (Å²) in [4.78, 5) is 25.7. The molecule has 1 aromatic heterocycles. The molecular formula is C19H17N3O4. The lowest BCUT2D eigenvalue weighted by molar-refractivity contribution is -0.144. The topological polar surface area (TPSA) is 84.5 Å². The number of fused-ring (bicyclic) bond motifs is 2. The van der Waals surface area contributed by atoms with Crippen LogP contribution < -0.4 is 9.64 Å². The Morgan fingerprint density at radius 2 is 2.15 bits per heavy atom. The number of H-pyrrole nitrogens is 1. The van der Waals surface area contributed by atoms with E-state index in [1.807, 2.05) is 30.3 Å². The molecule has 0 bridgehead atoms. The molecule has 7 heteroatoms. The summed E-state index contributed by atoms with van der Waals surface area (Å²) in [7, 11) is 0. The van der Waals surface area contributed by atoms with Gasteiger partial charge in [-0.15, -0.1) is 0 Å². The van der Waals surface area contributed by atoms with Crippen molar-refractivity contribution in [3.8, 4) is 5.75 Å². The van der Waals surface area contributed by atoms with Gasteiger partial charge >= 0.3 is 5.97 Å². The van der Waals surface area contributed by atoms with Crippen molar-refractivity contribution in [2.45, 2.75) is 13.0 Å². The zero-order chi connectivity index (χ0) is 17.9. The number of para-hydroxylation sites is 2. The molecule has 4 rings (SSSR count). The quantitative estimate of drug-likeness (QED) is 0.714. The fourth-order valence-electron chi connectivity index (χ4n) is 2.92. The predicted molar refractivity (Wildman–Crippen MR) is 94.8 cm³/mol. The monoisotopic (exact) mass is 351 g/mol. The first-order valence-corrected chi connectivity index (χ1v) is 8.30. The first-order valence-electron chi connectivity index (χ1n) is 8.30. The molecule has 7 nitrogen and oxygen atoms in total. The van der Waals surface area contributed by atoms with Gasteiger partial charge in [-0.1, -0.05) is 18.2 Å². The third-order valence-corrected chi connectivity index (χ3v) is 4.25. The molecule has 0 radical (unpaired) electrons. The van der Waals surface area contributed by atoms with Gasteiger partial charge in [0.25, 0.3) is 5.91 Å². The Labute approximate surface area is 149 Å². The molecule has 0 unspecified atom stereocenters. The standard InChI is InChI=1S/C19H17N3O4/c23-18-12-25-17-4-2-1-3-16(17)22(18)8-7-19(24)26-11-13-5-6-15-14(9-13)10-20-21-15/h1-6,9-10H,7-8,11-12H2,(H,20,21). The Morgan fingerprint density at radius 3 is 3.08 bits per heavy atom. The summed E-state index contributed by atoms with van der Waals surface area (Å²) in [6.45, 7) is 0.434. The van der Waals surface area contributed by atoms with Crippen LogP contribution in [0.1, 0.15) is 12.0 Å². The summed E-state index contributed by atoms with van der Waals surface area (Å²) in [5.74, 6) is 0.129. The summed E-state index contributed by atoms with van der Waals surface area (Å²) in [6.07, 6.45) is 1.84. The molecule has 0 atom stereocenters. The fraction of sp³-hybridized carbons (Fsp3) is 0.211. The Hall–Kier alpha value is -3.35. The van der Waals surface area contributed by atoms with E-state index in [0.717, 1.165) is 16.5 Å². The lowest BCUT2D eigenvalue weighted by Gasteiger charge is -2.28. The average molecular weight is 351 g/mol. The number of amides is 1. The first kappa shape index (κ1) is 16.1. The van der Waals surface area contributed by atoms with E-state index in [0.29, 0.717) is 11.4 Å². The molecule has 0 spiro atoms. The molecule has 0 aliphatic carbocycles. The van der Waals surface area contributed by atoms with Gasteiger partial charge in [0.2, 0.25) is 0 Å². The number of aromatic nitrogens is 2. The maximum absolute atomic E-state index is 12.1. The van der Waals surface area contributed by atoms with Crippen molar-refractivity contribution in [2.75, 3.05) is 18.1 Å². The number of anilines is 1. The van der Waals surface area contributed by atoms with Crippen LogP contribution in [0.25, 0.3) is 10.9 Å². The highest BCUT2D eigenvalue weighted by Gasteiger charge is 2.25. The highest BCUT2D eigenvalue weighted by molar-refractivity contribution is 5.98. The molecule has 0 saturated carbocycles. The van der Waals surface area contributed by atoms with Crippen molar-refractivity contribution in [3.63, 3.8) is 0 Å². The van der Waals surface area contributed by atoms with E-state index in [2.05, 4.69) is 10.2 Å². The summed E-state index contributed by atoms with van der Waals surface area (Å²) < 4.78 is 10.7. The van der Waals surface area contributed by atoms with Gasteiger partial charge in [0.1, 0.15) is 12.4 Å². The van der Waals surface area contributed by atoms with E-state index in [-0.39, 0.29) is 38.1 Å². The molecule has 132 valence electrons. The summed E-state index contributed by atoms with van der Waals surface area (Å²) in [5.41, 5.74) is 2.51. The maximum Gasteiger partial charge on any atom is 0.307 e. The lowest BCUT2D eigenvalue weighted by atomic mass is 10.2. The molecule has 0 fully saturated rings. The van der Waals surface area contributed by atoms with Crippen molar-refractivity contribution in [2.24, 2.45) is 0 Å². The van der Waals surface area contributed by atoms with Crippen molar-refractivity contribution >= 4 is 28.5 Å². The van der Waals surface area contributed by atoms with Crippen LogP contribution in [-0.2, 0) is 20.9 Å². The third-order valence-electron chi connectivity index (χ3n) is 4.25. The Morgan fingerprint density at radius 1 is 1.27 bits per heavy atom. The van der Waals surface area contributed by atoms with Crippen molar-refractivity contribution < 1.29 is 19.1 Å². The van der Waals surface area contributed by atoms with Crippen LogP contribution in [0, 0.1) is 0 Å². The Bertz CT molecular complexity index is 966. The molecule has 1 N–H and O–H groups in total. The van der Waals surface area contributed by atoms with Gasteiger partial charge in [0.05, 0.1) is 23.8 Å². The molecule has 26 heavy (non-hydrogen) atoms. The van der Waals surface area contributed by atoms with E-state index in [9.17, 15) is 9.59 Å². The van der Waals surface area contributed by atoms with E-state index in [1.165, 1.54) is 0 Å². The molecule has 1 aliphatic heterocycles. The Balaban J connectivity index is 1.34. The molecule has 0 saturated heterocycles. The predicted octanol–water partition coefficient (Wildman–Crippen LogP) is 2.42. The van der Waals surface area contributed by atoms with E-state index in [1.54, 1.807) is 23.2 Å². The van der Waals surface area contributed by atoms with Gasteiger partial charge in [-0.3, -0.25) is 14.7 Å². The molecule has 3 aromatic rings. The second-order valence-corrected chi connectivity index (χ2v) is 6.00. The number of nitrogens with zero attached hydrogens (tertiary/aromatic N) is 2. The van der Waals surface area contributed by atoms with Crippen LogP contribution in [0.3, 0.4) is 0 Å². The smallest absolute Gasteiger partial charge is 0.307 e. The number of benzene rings is 2. The number of rotatable bonds is 5. The number of hydrogen-bond donors (Lipinski definition) is 1. The summed E-state index contributed by atoms with van der Waals surface area (Å²) in [5, 5.41) is 7.81. The average Bonchev–Trinajstić information content (AvgIpc) is 3.13. The van der Waals surface area contributed by atoms with Crippen LogP contribution in [0.4, 0.5) is 5.69 Å². The second kappa shape index (κ2) is 6.87. The molecular weight excluding hydrogens is 334 g/mol. The van der Waals surface area contributed by atoms with E-state index >= 15 is 0 Å². The number of hydrogen-bond acceptors (Lipinski definition) is 5. The van der Waals surface area contributed by atoms with Gasteiger partial charge < -0.3 is 14.4 Å². The molecule has 1 amide bonds. The SMILES string of the molecule is O=C(CCN1C(=O)COc2ccccc21)OCc1ccc2[nH]ncc2c1. The minimum atomic E-state index is -0.353. The normalized spacial score (nSPS) is 13.4. The Kier molecular flexibility index (Phi) is 4.27. The van der Waals surface area contributed by atoms with E-state index < -0.39 is 0 Å². The molecule has 1 aliphatic rings. The summed E-state index contributed by atoms with van der Waals surface area (Å²) in [6, 6.07) is 13.0. The van der Waals surface area contributed by atoms with Crippen molar-refractivity contribution in [3.05, 3.63) is 54.2 Å². The van der Waals surface area contributed by atoms with Gasteiger partial charge in [-0.2, -0.15) is 5.10 Å². The second-order valence-electron chi connectivity index (χ2n) is 6.00. The van der Waals surface area contributed by atoms with Gasteiger partial charge in [0.15, 0.2) is 6.61 Å². The van der Waals surface area contributed by atoms with Gasteiger partial charge in [-0.25, -0.2) is 0 Å². The largest absolute Gasteiger partial charge is 0.482 e. The number of esters is 1. The number of ether oxygens (including phenoxy) is 2. The van der Waals surface area contributed by atoms with Crippen LogP contribution in [0.15, 0.2) is 48.7 Å². The van der Waals surface area contributed by atoms with E-state index in [4.69, 9.17) is 9.47 Å². The highest BCUT2D eigenvalue weighted by Crippen LogP contribution is 2.31. The van der Waals surface area contributed by atoms with Crippen LogP contribution in [-0.4, -0.2) is 35.2 Å². The highest BCUT2D eigenvalue weighted by atomic mass is 16.5. The zero-order valence-corrected chi connectivity index (χ0v) is 14.0. The number of nitrogens with one attached hydrogen (secondary N) is 1. The maximum atomic E-state index is 12.1.